The normalized spacial score (nSPS) is 12.4. The van der Waals surface area contributed by atoms with Crippen molar-refractivity contribution in [2.45, 2.75) is 26.8 Å². The predicted molar refractivity (Wildman–Crippen MR) is 75.1 cm³/mol. The zero-order chi connectivity index (χ0) is 13.3. The molecular weight excluding hydrogens is 270 g/mol. The fraction of sp³-hybridized carbons (Fsp3) is 0.364. The van der Waals surface area contributed by atoms with E-state index in [2.05, 4.69) is 20.3 Å². The first-order valence-corrected chi connectivity index (χ1v) is 6.65. The third kappa shape index (κ3) is 2.70. The minimum atomic E-state index is 0.0736. The molecule has 0 radical (unpaired) electrons. The average molecular weight is 284 g/mol. The number of rotatable bonds is 3. The van der Waals surface area contributed by atoms with Crippen LogP contribution >= 0.6 is 22.9 Å². The van der Waals surface area contributed by atoms with Crippen LogP contribution in [-0.4, -0.2) is 15.0 Å². The van der Waals surface area contributed by atoms with Gasteiger partial charge in [-0.3, -0.25) is 0 Å². The second-order valence-corrected chi connectivity index (χ2v) is 5.56. The van der Waals surface area contributed by atoms with E-state index in [9.17, 15) is 0 Å². The van der Waals surface area contributed by atoms with Gasteiger partial charge in [0.2, 0.25) is 5.28 Å². The van der Waals surface area contributed by atoms with Crippen LogP contribution in [0, 0.1) is 13.8 Å². The molecule has 0 saturated carbocycles. The van der Waals surface area contributed by atoms with Crippen LogP contribution < -0.4 is 11.1 Å². The maximum absolute atomic E-state index is 5.80. The monoisotopic (exact) mass is 283 g/mol. The molecule has 3 N–H and O–H groups in total. The third-order valence-electron chi connectivity index (χ3n) is 2.47. The summed E-state index contributed by atoms with van der Waals surface area (Å²) in [5, 5.41) is 4.45. The summed E-state index contributed by atoms with van der Waals surface area (Å²) in [6.07, 6.45) is 1.50. The molecular formula is C11H14ClN5S. The number of nitrogen functional groups attached to an aromatic ring is 1. The third-order valence-corrected chi connectivity index (χ3v) is 3.91. The van der Waals surface area contributed by atoms with Gasteiger partial charge < -0.3 is 11.1 Å². The van der Waals surface area contributed by atoms with Crippen molar-refractivity contribution in [3.63, 3.8) is 0 Å². The fourth-order valence-corrected chi connectivity index (χ4v) is 2.77. The predicted octanol–water partition coefficient (Wildman–Crippen LogP) is 2.96. The number of nitrogens with one attached hydrogen (secondary N) is 1. The zero-order valence-electron chi connectivity index (χ0n) is 10.4. The minimum Gasteiger partial charge on any atom is -0.394 e. The molecule has 1 unspecified atom stereocenters. The Morgan fingerprint density at radius 1 is 1.39 bits per heavy atom. The summed E-state index contributed by atoms with van der Waals surface area (Å²) in [6, 6.07) is 0.0736. The van der Waals surface area contributed by atoms with Gasteiger partial charge in [-0.2, -0.15) is 4.98 Å². The lowest BCUT2D eigenvalue weighted by molar-refractivity contribution is 0.878. The van der Waals surface area contributed by atoms with Crippen molar-refractivity contribution < 1.29 is 0 Å². The number of halogens is 1. The van der Waals surface area contributed by atoms with E-state index in [1.54, 1.807) is 11.3 Å². The molecule has 0 saturated heterocycles. The van der Waals surface area contributed by atoms with Crippen LogP contribution in [0.3, 0.4) is 0 Å². The summed E-state index contributed by atoms with van der Waals surface area (Å²) in [5.41, 5.74) is 7.30. The largest absolute Gasteiger partial charge is 0.394 e. The summed E-state index contributed by atoms with van der Waals surface area (Å²) in [5.74, 6) is 0.549. The van der Waals surface area contributed by atoms with Gasteiger partial charge in [-0.15, -0.1) is 11.3 Å². The molecule has 0 aliphatic heterocycles. The summed E-state index contributed by atoms with van der Waals surface area (Å²) < 4.78 is 0. The zero-order valence-corrected chi connectivity index (χ0v) is 11.9. The molecule has 0 bridgehead atoms. The second-order valence-electron chi connectivity index (χ2n) is 3.99. The SMILES string of the molecule is Cc1nc(C)c(C(C)Nc2nc(Cl)ncc2N)s1. The van der Waals surface area contributed by atoms with Crippen LogP contribution in [0.4, 0.5) is 11.5 Å². The Balaban J connectivity index is 2.23. The molecule has 1 atom stereocenters. The van der Waals surface area contributed by atoms with Gasteiger partial charge in [-0.25, -0.2) is 9.97 Å². The van der Waals surface area contributed by atoms with E-state index < -0.39 is 0 Å². The standard InChI is InChI=1S/C11H14ClN5S/c1-5-9(18-7(3)15-5)6(2)16-10-8(13)4-14-11(12)17-10/h4,6H,13H2,1-3H3,(H,14,16,17). The van der Waals surface area contributed by atoms with Crippen LogP contribution in [0.25, 0.3) is 0 Å². The topological polar surface area (TPSA) is 76.7 Å². The molecule has 2 aromatic rings. The van der Waals surface area contributed by atoms with E-state index in [0.29, 0.717) is 11.5 Å². The molecule has 0 fully saturated rings. The highest BCUT2D eigenvalue weighted by atomic mass is 35.5. The Morgan fingerprint density at radius 2 is 2.11 bits per heavy atom. The summed E-state index contributed by atoms with van der Waals surface area (Å²) >= 11 is 7.42. The number of nitrogens with two attached hydrogens (primary N) is 1. The molecule has 96 valence electrons. The average Bonchev–Trinajstić information content (AvgIpc) is 2.63. The molecule has 0 amide bonds. The Hall–Kier alpha value is -1.40. The quantitative estimate of drug-likeness (QED) is 0.847. The van der Waals surface area contributed by atoms with Crippen molar-refractivity contribution >= 4 is 34.4 Å². The minimum absolute atomic E-state index is 0.0736. The van der Waals surface area contributed by atoms with E-state index >= 15 is 0 Å². The molecule has 2 heterocycles. The molecule has 0 aliphatic rings. The van der Waals surface area contributed by atoms with Gasteiger partial charge in [-0.1, -0.05) is 0 Å². The summed E-state index contributed by atoms with van der Waals surface area (Å²) in [6.45, 7) is 6.02. The number of aromatic nitrogens is 3. The maximum atomic E-state index is 5.80. The number of thiazole rings is 1. The van der Waals surface area contributed by atoms with Crippen LogP contribution in [0.2, 0.25) is 5.28 Å². The van der Waals surface area contributed by atoms with Crippen molar-refractivity contribution in [2.75, 3.05) is 11.1 Å². The van der Waals surface area contributed by atoms with Gasteiger partial charge in [0.1, 0.15) is 0 Å². The van der Waals surface area contributed by atoms with Gasteiger partial charge in [0.15, 0.2) is 5.82 Å². The van der Waals surface area contributed by atoms with Crippen LogP contribution in [0.5, 0.6) is 0 Å². The van der Waals surface area contributed by atoms with Gasteiger partial charge in [-0.05, 0) is 32.4 Å². The second kappa shape index (κ2) is 5.07. The van der Waals surface area contributed by atoms with Crippen molar-refractivity contribution in [3.05, 3.63) is 27.1 Å². The van der Waals surface area contributed by atoms with Gasteiger partial charge in [0.05, 0.1) is 28.6 Å². The highest BCUT2D eigenvalue weighted by Gasteiger charge is 2.14. The van der Waals surface area contributed by atoms with E-state index in [-0.39, 0.29) is 11.3 Å². The smallest absolute Gasteiger partial charge is 0.224 e. The highest BCUT2D eigenvalue weighted by molar-refractivity contribution is 7.11. The lowest BCUT2D eigenvalue weighted by Crippen LogP contribution is -2.10. The van der Waals surface area contributed by atoms with E-state index in [4.69, 9.17) is 17.3 Å². The fourth-order valence-electron chi connectivity index (χ4n) is 1.70. The van der Waals surface area contributed by atoms with Gasteiger partial charge in [0.25, 0.3) is 0 Å². The first kappa shape index (κ1) is 13.0. The molecule has 7 heteroatoms. The van der Waals surface area contributed by atoms with E-state index in [1.165, 1.54) is 11.1 Å². The Labute approximate surface area is 114 Å². The molecule has 0 spiro atoms. The first-order chi connectivity index (χ1) is 8.47. The Kier molecular flexibility index (Phi) is 3.68. The van der Waals surface area contributed by atoms with Crippen molar-refractivity contribution in [1.82, 2.24) is 15.0 Å². The summed E-state index contributed by atoms with van der Waals surface area (Å²) in [7, 11) is 0. The summed E-state index contributed by atoms with van der Waals surface area (Å²) in [4.78, 5) is 13.5. The Bertz CT molecular complexity index is 569. The molecule has 0 aliphatic carbocycles. The molecule has 5 nitrogen and oxygen atoms in total. The van der Waals surface area contributed by atoms with Crippen LogP contribution in [0.1, 0.15) is 28.5 Å². The lowest BCUT2D eigenvalue weighted by Gasteiger charge is -2.14. The number of aryl methyl sites for hydroxylation is 2. The van der Waals surface area contributed by atoms with Gasteiger partial charge >= 0.3 is 0 Å². The van der Waals surface area contributed by atoms with Crippen molar-refractivity contribution in [1.29, 1.82) is 0 Å². The number of nitrogens with zero attached hydrogens (tertiary/aromatic N) is 3. The number of hydrogen-bond acceptors (Lipinski definition) is 6. The molecule has 0 aromatic carbocycles. The van der Waals surface area contributed by atoms with Crippen molar-refractivity contribution in [2.24, 2.45) is 0 Å². The first-order valence-electron chi connectivity index (χ1n) is 5.46. The highest BCUT2D eigenvalue weighted by Crippen LogP contribution is 2.28. The molecule has 2 aromatic heterocycles. The lowest BCUT2D eigenvalue weighted by atomic mass is 10.2. The van der Waals surface area contributed by atoms with Crippen LogP contribution in [-0.2, 0) is 0 Å². The van der Waals surface area contributed by atoms with E-state index in [0.717, 1.165) is 10.7 Å². The van der Waals surface area contributed by atoms with Crippen molar-refractivity contribution in [3.8, 4) is 0 Å². The molecule has 2 rings (SSSR count). The number of anilines is 2. The van der Waals surface area contributed by atoms with Gasteiger partial charge in [0, 0.05) is 4.88 Å². The maximum Gasteiger partial charge on any atom is 0.224 e. The van der Waals surface area contributed by atoms with Crippen LogP contribution in [0.15, 0.2) is 6.20 Å². The molecule has 18 heavy (non-hydrogen) atoms. The number of hydrogen-bond donors (Lipinski definition) is 2. The van der Waals surface area contributed by atoms with E-state index in [1.807, 2.05) is 20.8 Å². The Morgan fingerprint density at radius 3 is 2.72 bits per heavy atom.